The topological polar surface area (TPSA) is 12.0 Å². The first kappa shape index (κ1) is 8.58. The first-order valence-electron chi connectivity index (χ1n) is 6.05. The second-order valence-electron chi connectivity index (χ2n) is 5.03. The highest BCUT2D eigenvalue weighted by atomic mass is 14.9. The van der Waals surface area contributed by atoms with Gasteiger partial charge in [-0.2, -0.15) is 0 Å². The van der Waals surface area contributed by atoms with Crippen LogP contribution in [0.25, 0.3) is 0 Å². The van der Waals surface area contributed by atoms with Gasteiger partial charge in [0.2, 0.25) is 0 Å². The highest BCUT2D eigenvalue weighted by molar-refractivity contribution is 5.37. The lowest BCUT2D eigenvalue weighted by molar-refractivity contribution is 0.248. The van der Waals surface area contributed by atoms with Gasteiger partial charge in [0, 0.05) is 17.7 Å². The fourth-order valence-corrected chi connectivity index (χ4v) is 3.46. The minimum absolute atomic E-state index is 0.582. The molecule has 3 aliphatic rings. The molecule has 76 valence electrons. The summed E-state index contributed by atoms with van der Waals surface area (Å²) in [7, 11) is 0. The molecule has 1 heteroatoms. The van der Waals surface area contributed by atoms with Crippen LogP contribution in [0.4, 0.5) is 0 Å². The first-order chi connectivity index (χ1) is 6.91. The Balaban J connectivity index is 1.93. The predicted octanol–water partition coefficient (Wildman–Crippen LogP) is 3.14. The average molecular weight is 189 g/mol. The third-order valence-electron chi connectivity index (χ3n) is 4.24. The average Bonchev–Trinajstić information content (AvgIpc) is 2.60. The number of nitrogens with one attached hydrogen (secondary N) is 1. The molecular formula is C13H19N. The lowest BCUT2D eigenvalue weighted by Crippen LogP contribution is -2.30. The lowest BCUT2D eigenvalue weighted by Gasteiger charge is -2.35. The summed E-state index contributed by atoms with van der Waals surface area (Å²) < 4.78 is 0. The van der Waals surface area contributed by atoms with Gasteiger partial charge in [-0.1, -0.05) is 25.3 Å². The molecule has 1 N–H and O–H groups in total. The first-order valence-corrected chi connectivity index (χ1v) is 6.05. The number of allylic oxidation sites excluding steroid dienone is 2. The summed E-state index contributed by atoms with van der Waals surface area (Å²) in [4.78, 5) is 0. The standard InChI is InChI=1S/C13H19N/c1-4-8-13(9-5-1)10-14-12-7-3-2-6-11(12)13/h3,7,14H,1-2,4-6,8-10H2. The van der Waals surface area contributed by atoms with Gasteiger partial charge in [0.1, 0.15) is 0 Å². The summed E-state index contributed by atoms with van der Waals surface area (Å²) in [5, 5.41) is 3.61. The minimum atomic E-state index is 0.582. The summed E-state index contributed by atoms with van der Waals surface area (Å²) in [5.74, 6) is 0. The molecular weight excluding hydrogens is 170 g/mol. The molecule has 1 fully saturated rings. The maximum atomic E-state index is 3.61. The van der Waals surface area contributed by atoms with Crippen molar-refractivity contribution in [1.29, 1.82) is 0 Å². The van der Waals surface area contributed by atoms with Crippen molar-refractivity contribution in [1.82, 2.24) is 5.32 Å². The third kappa shape index (κ3) is 1.14. The van der Waals surface area contributed by atoms with Crippen LogP contribution in [0.2, 0.25) is 0 Å². The van der Waals surface area contributed by atoms with Crippen LogP contribution in [0.15, 0.2) is 23.4 Å². The van der Waals surface area contributed by atoms with Crippen LogP contribution >= 0.6 is 0 Å². The Morgan fingerprint density at radius 2 is 2.00 bits per heavy atom. The van der Waals surface area contributed by atoms with E-state index in [9.17, 15) is 0 Å². The molecule has 0 aromatic rings. The van der Waals surface area contributed by atoms with E-state index in [1.165, 1.54) is 57.2 Å². The van der Waals surface area contributed by atoms with Gasteiger partial charge in [0.05, 0.1) is 0 Å². The summed E-state index contributed by atoms with van der Waals surface area (Å²) in [6, 6.07) is 0. The van der Waals surface area contributed by atoms with Gasteiger partial charge < -0.3 is 5.32 Å². The Kier molecular flexibility index (Phi) is 1.93. The molecule has 0 bridgehead atoms. The van der Waals surface area contributed by atoms with Crippen molar-refractivity contribution in [3.05, 3.63) is 23.4 Å². The quantitative estimate of drug-likeness (QED) is 0.617. The fourth-order valence-electron chi connectivity index (χ4n) is 3.46. The second kappa shape index (κ2) is 3.15. The number of hydrogen-bond donors (Lipinski definition) is 1. The maximum Gasteiger partial charge on any atom is 0.0335 e. The zero-order valence-corrected chi connectivity index (χ0v) is 8.81. The van der Waals surface area contributed by atoms with Crippen molar-refractivity contribution >= 4 is 0 Å². The van der Waals surface area contributed by atoms with Gasteiger partial charge in [0.25, 0.3) is 0 Å². The Morgan fingerprint density at radius 3 is 2.86 bits per heavy atom. The van der Waals surface area contributed by atoms with Crippen molar-refractivity contribution in [3.63, 3.8) is 0 Å². The van der Waals surface area contributed by atoms with Crippen LogP contribution in [0.5, 0.6) is 0 Å². The number of fused-ring (bicyclic) bond motifs is 1. The maximum absolute atomic E-state index is 3.61. The fraction of sp³-hybridized carbons (Fsp3) is 0.692. The second-order valence-corrected chi connectivity index (χ2v) is 5.03. The molecule has 1 saturated carbocycles. The van der Waals surface area contributed by atoms with Crippen molar-refractivity contribution in [2.24, 2.45) is 5.41 Å². The normalized spacial score (nSPS) is 29.1. The molecule has 0 aromatic heterocycles. The minimum Gasteiger partial charge on any atom is -0.384 e. The Labute approximate surface area is 86.3 Å². The molecule has 1 spiro atoms. The van der Waals surface area contributed by atoms with E-state index in [1.807, 2.05) is 0 Å². The van der Waals surface area contributed by atoms with Gasteiger partial charge in [-0.05, 0) is 37.3 Å². The van der Waals surface area contributed by atoms with Gasteiger partial charge in [-0.15, -0.1) is 0 Å². The van der Waals surface area contributed by atoms with Gasteiger partial charge >= 0.3 is 0 Å². The monoisotopic (exact) mass is 189 g/mol. The van der Waals surface area contributed by atoms with Crippen LogP contribution < -0.4 is 5.32 Å². The highest BCUT2D eigenvalue weighted by Crippen LogP contribution is 2.48. The van der Waals surface area contributed by atoms with Gasteiger partial charge in [-0.25, -0.2) is 0 Å². The van der Waals surface area contributed by atoms with Gasteiger partial charge in [-0.3, -0.25) is 0 Å². The molecule has 1 nitrogen and oxygen atoms in total. The Hall–Kier alpha value is -0.720. The molecule has 3 rings (SSSR count). The molecule has 0 saturated heterocycles. The number of hydrogen-bond acceptors (Lipinski definition) is 1. The van der Waals surface area contributed by atoms with Crippen LogP contribution in [0.1, 0.15) is 44.9 Å². The summed E-state index contributed by atoms with van der Waals surface area (Å²) in [6.45, 7) is 1.22. The molecule has 14 heavy (non-hydrogen) atoms. The van der Waals surface area contributed by atoms with Gasteiger partial charge in [0.15, 0.2) is 0 Å². The van der Waals surface area contributed by atoms with Crippen LogP contribution in [-0.4, -0.2) is 6.54 Å². The van der Waals surface area contributed by atoms with E-state index < -0.39 is 0 Å². The van der Waals surface area contributed by atoms with Crippen LogP contribution in [-0.2, 0) is 0 Å². The molecule has 1 aliphatic heterocycles. The number of rotatable bonds is 0. The largest absolute Gasteiger partial charge is 0.384 e. The van der Waals surface area contributed by atoms with E-state index in [1.54, 1.807) is 5.57 Å². The van der Waals surface area contributed by atoms with Crippen molar-refractivity contribution < 1.29 is 0 Å². The van der Waals surface area contributed by atoms with E-state index >= 15 is 0 Å². The van der Waals surface area contributed by atoms with E-state index in [4.69, 9.17) is 0 Å². The molecule has 0 atom stereocenters. The summed E-state index contributed by atoms with van der Waals surface area (Å²) in [6.07, 6.45) is 14.4. The highest BCUT2D eigenvalue weighted by Gasteiger charge is 2.40. The lowest BCUT2D eigenvalue weighted by atomic mass is 9.68. The van der Waals surface area contributed by atoms with Crippen molar-refractivity contribution in [2.45, 2.75) is 44.9 Å². The van der Waals surface area contributed by atoms with E-state index in [-0.39, 0.29) is 0 Å². The van der Waals surface area contributed by atoms with Crippen molar-refractivity contribution in [3.8, 4) is 0 Å². The summed E-state index contributed by atoms with van der Waals surface area (Å²) in [5.41, 5.74) is 3.82. The van der Waals surface area contributed by atoms with Crippen molar-refractivity contribution in [2.75, 3.05) is 6.54 Å². The van der Waals surface area contributed by atoms with E-state index in [2.05, 4.69) is 17.5 Å². The Morgan fingerprint density at radius 1 is 1.14 bits per heavy atom. The molecule has 0 amide bonds. The molecule has 0 aromatic carbocycles. The van der Waals surface area contributed by atoms with E-state index in [0.717, 1.165) is 0 Å². The molecule has 0 unspecified atom stereocenters. The third-order valence-corrected chi connectivity index (χ3v) is 4.24. The van der Waals surface area contributed by atoms with Crippen LogP contribution in [0.3, 0.4) is 0 Å². The smallest absolute Gasteiger partial charge is 0.0335 e. The van der Waals surface area contributed by atoms with Crippen LogP contribution in [0, 0.1) is 5.41 Å². The zero-order valence-electron chi connectivity index (χ0n) is 8.81. The SMILES string of the molecule is C1=CC2=C(CC1)C1(CCCCC1)CN2. The molecule has 2 aliphatic carbocycles. The molecule has 1 heterocycles. The Bertz CT molecular complexity index is 292. The van der Waals surface area contributed by atoms with E-state index in [0.29, 0.717) is 5.41 Å². The summed E-state index contributed by atoms with van der Waals surface area (Å²) >= 11 is 0. The zero-order chi connectivity index (χ0) is 9.43. The molecule has 0 radical (unpaired) electrons. The predicted molar refractivity (Wildman–Crippen MR) is 58.9 cm³/mol.